The average molecular weight is 387 g/mol. The lowest BCUT2D eigenvalue weighted by Gasteiger charge is -2.27. The number of hydrogen-bond acceptors (Lipinski definition) is 7. The Kier molecular flexibility index (Phi) is 4.38. The van der Waals surface area contributed by atoms with Gasteiger partial charge in [0.1, 0.15) is 11.9 Å². The summed E-state index contributed by atoms with van der Waals surface area (Å²) in [5, 5.41) is 7.85. The van der Waals surface area contributed by atoms with Gasteiger partial charge in [0.05, 0.1) is 6.20 Å². The second kappa shape index (κ2) is 7.33. The molecular weight excluding hydrogens is 370 g/mol. The number of aromatic nitrogens is 3. The molecule has 0 atom stereocenters. The Morgan fingerprint density at radius 1 is 1.10 bits per heavy atom. The Morgan fingerprint density at radius 2 is 2.03 bits per heavy atom. The predicted octanol–water partition coefficient (Wildman–Crippen LogP) is 2.89. The van der Waals surface area contributed by atoms with Gasteiger partial charge < -0.3 is 19.8 Å². The van der Waals surface area contributed by atoms with Gasteiger partial charge in [-0.1, -0.05) is 12.1 Å². The van der Waals surface area contributed by atoms with Crippen LogP contribution >= 0.6 is 0 Å². The highest BCUT2D eigenvalue weighted by Crippen LogP contribution is 2.25. The Labute approximate surface area is 166 Å². The van der Waals surface area contributed by atoms with E-state index in [1.54, 1.807) is 30.7 Å². The molecule has 3 aromatic heterocycles. The first-order chi connectivity index (χ1) is 14.2. The Morgan fingerprint density at radius 3 is 2.83 bits per heavy atom. The third-order valence-electron chi connectivity index (χ3n) is 4.71. The molecule has 1 aromatic carbocycles. The van der Waals surface area contributed by atoms with Crippen LogP contribution in [0, 0.1) is 0 Å². The maximum atomic E-state index is 12.7. The molecule has 0 saturated carbocycles. The lowest BCUT2D eigenvalue weighted by molar-refractivity contribution is 0.102. The molecule has 144 valence electrons. The summed E-state index contributed by atoms with van der Waals surface area (Å²) in [6.45, 7) is 1.57. The SMILES string of the molecule is O=C(Nc1cc2cc(-c3cnco3)ccc2cn1)c1ccnc(OC2CNC2)c1. The van der Waals surface area contributed by atoms with E-state index < -0.39 is 0 Å². The van der Waals surface area contributed by atoms with Gasteiger partial charge in [-0.3, -0.25) is 4.79 Å². The van der Waals surface area contributed by atoms with E-state index in [-0.39, 0.29) is 12.0 Å². The highest BCUT2D eigenvalue weighted by Gasteiger charge is 2.19. The van der Waals surface area contributed by atoms with E-state index >= 15 is 0 Å². The number of nitrogens with one attached hydrogen (secondary N) is 2. The molecule has 0 unspecified atom stereocenters. The maximum Gasteiger partial charge on any atom is 0.257 e. The van der Waals surface area contributed by atoms with Crippen molar-refractivity contribution in [2.24, 2.45) is 0 Å². The molecule has 1 fully saturated rings. The summed E-state index contributed by atoms with van der Waals surface area (Å²) in [7, 11) is 0. The number of carbonyl (C=O) groups excluding carboxylic acids is 1. The number of hydrogen-bond donors (Lipinski definition) is 2. The molecule has 0 aliphatic carbocycles. The van der Waals surface area contributed by atoms with Gasteiger partial charge in [0.15, 0.2) is 12.2 Å². The van der Waals surface area contributed by atoms with Gasteiger partial charge >= 0.3 is 0 Å². The molecule has 8 nitrogen and oxygen atoms in total. The first-order valence-corrected chi connectivity index (χ1v) is 9.18. The fourth-order valence-corrected chi connectivity index (χ4v) is 3.04. The zero-order chi connectivity index (χ0) is 19.6. The first kappa shape index (κ1) is 17.3. The molecule has 29 heavy (non-hydrogen) atoms. The Balaban J connectivity index is 1.36. The number of nitrogens with zero attached hydrogens (tertiary/aromatic N) is 3. The topological polar surface area (TPSA) is 102 Å². The molecule has 0 spiro atoms. The average Bonchev–Trinajstić information content (AvgIpc) is 3.25. The summed E-state index contributed by atoms with van der Waals surface area (Å²) in [6.07, 6.45) is 6.44. The van der Waals surface area contributed by atoms with Gasteiger partial charge in [-0.2, -0.15) is 0 Å². The molecule has 1 aliphatic heterocycles. The summed E-state index contributed by atoms with van der Waals surface area (Å²) in [4.78, 5) is 25.1. The van der Waals surface area contributed by atoms with Crippen molar-refractivity contribution in [2.75, 3.05) is 18.4 Å². The van der Waals surface area contributed by atoms with Crippen LogP contribution in [0.4, 0.5) is 5.82 Å². The van der Waals surface area contributed by atoms with Crippen molar-refractivity contribution in [3.05, 3.63) is 66.9 Å². The maximum absolute atomic E-state index is 12.7. The highest BCUT2D eigenvalue weighted by atomic mass is 16.5. The minimum atomic E-state index is -0.276. The van der Waals surface area contributed by atoms with Crippen molar-refractivity contribution >= 4 is 22.5 Å². The van der Waals surface area contributed by atoms with Crippen LogP contribution in [0.1, 0.15) is 10.4 Å². The highest BCUT2D eigenvalue weighted by molar-refractivity contribution is 6.04. The summed E-state index contributed by atoms with van der Waals surface area (Å²) >= 11 is 0. The standard InChI is InChI=1S/C21H17N5O3/c27-21(14-3-4-24-20(7-14)29-17-9-22-10-17)26-19-6-16-5-13(18-11-23-12-28-18)1-2-15(16)8-25-19/h1-8,11-12,17,22H,9-10H2,(H,25,26,27). The van der Waals surface area contributed by atoms with Crippen LogP contribution in [-0.4, -0.2) is 40.1 Å². The Bertz CT molecular complexity index is 1170. The molecule has 8 heteroatoms. The van der Waals surface area contributed by atoms with Crippen molar-refractivity contribution in [2.45, 2.75) is 6.10 Å². The van der Waals surface area contributed by atoms with E-state index in [1.165, 1.54) is 6.39 Å². The van der Waals surface area contributed by atoms with Gasteiger partial charge in [0.25, 0.3) is 5.91 Å². The van der Waals surface area contributed by atoms with E-state index in [0.29, 0.717) is 23.0 Å². The van der Waals surface area contributed by atoms with Crippen molar-refractivity contribution in [3.63, 3.8) is 0 Å². The van der Waals surface area contributed by atoms with Gasteiger partial charge in [0.2, 0.25) is 5.88 Å². The van der Waals surface area contributed by atoms with E-state index in [1.807, 2.05) is 24.3 Å². The van der Waals surface area contributed by atoms with Crippen LogP contribution in [-0.2, 0) is 0 Å². The number of amides is 1. The largest absolute Gasteiger partial charge is 0.472 e. The third-order valence-corrected chi connectivity index (χ3v) is 4.71. The van der Waals surface area contributed by atoms with Crippen molar-refractivity contribution in [3.8, 4) is 17.2 Å². The number of ether oxygens (including phenoxy) is 1. The zero-order valence-electron chi connectivity index (χ0n) is 15.3. The van der Waals surface area contributed by atoms with E-state index in [0.717, 1.165) is 29.4 Å². The second-order valence-corrected chi connectivity index (χ2v) is 6.73. The lowest BCUT2D eigenvalue weighted by Crippen LogP contribution is -2.50. The molecule has 2 N–H and O–H groups in total. The van der Waals surface area contributed by atoms with E-state index in [4.69, 9.17) is 9.15 Å². The van der Waals surface area contributed by atoms with Crippen LogP contribution in [0.2, 0.25) is 0 Å². The normalized spacial score (nSPS) is 13.8. The van der Waals surface area contributed by atoms with E-state index in [9.17, 15) is 4.79 Å². The van der Waals surface area contributed by atoms with Gasteiger partial charge in [-0.25, -0.2) is 15.0 Å². The van der Waals surface area contributed by atoms with Crippen molar-refractivity contribution < 1.29 is 13.9 Å². The molecular formula is C21H17N5O3. The molecule has 0 radical (unpaired) electrons. The molecule has 0 bridgehead atoms. The number of carbonyl (C=O) groups is 1. The fourth-order valence-electron chi connectivity index (χ4n) is 3.04. The first-order valence-electron chi connectivity index (χ1n) is 9.18. The van der Waals surface area contributed by atoms with Gasteiger partial charge in [0, 0.05) is 48.1 Å². The molecule has 1 aliphatic rings. The number of fused-ring (bicyclic) bond motifs is 1. The Hall–Kier alpha value is -3.78. The minimum Gasteiger partial charge on any atom is -0.472 e. The van der Waals surface area contributed by atoms with Gasteiger partial charge in [-0.15, -0.1) is 0 Å². The summed E-state index contributed by atoms with van der Waals surface area (Å²) < 4.78 is 11.1. The molecule has 4 aromatic rings. The fraction of sp³-hybridized carbons (Fsp3) is 0.143. The van der Waals surface area contributed by atoms with Gasteiger partial charge in [-0.05, 0) is 23.6 Å². The second-order valence-electron chi connectivity index (χ2n) is 6.73. The summed E-state index contributed by atoms with van der Waals surface area (Å²) in [5.74, 6) is 1.30. The minimum absolute atomic E-state index is 0.0986. The number of pyridine rings is 2. The quantitative estimate of drug-likeness (QED) is 0.543. The zero-order valence-corrected chi connectivity index (χ0v) is 15.3. The molecule has 1 amide bonds. The smallest absolute Gasteiger partial charge is 0.257 e. The van der Waals surface area contributed by atoms with Crippen molar-refractivity contribution in [1.29, 1.82) is 0 Å². The summed E-state index contributed by atoms with van der Waals surface area (Å²) in [5.41, 5.74) is 1.36. The van der Waals surface area contributed by atoms with E-state index in [2.05, 4.69) is 25.6 Å². The van der Waals surface area contributed by atoms with Crippen LogP contribution in [0.25, 0.3) is 22.1 Å². The molecule has 4 heterocycles. The van der Waals surface area contributed by atoms with Crippen LogP contribution in [0.5, 0.6) is 5.88 Å². The molecule has 1 saturated heterocycles. The summed E-state index contributed by atoms with van der Waals surface area (Å²) in [6, 6.07) is 11.0. The van der Waals surface area contributed by atoms with Crippen LogP contribution in [0.15, 0.2) is 65.8 Å². The van der Waals surface area contributed by atoms with Crippen molar-refractivity contribution in [1.82, 2.24) is 20.3 Å². The predicted molar refractivity (Wildman–Crippen MR) is 107 cm³/mol. The number of rotatable bonds is 5. The third kappa shape index (κ3) is 3.65. The number of benzene rings is 1. The van der Waals surface area contributed by atoms with Crippen LogP contribution in [0.3, 0.4) is 0 Å². The number of anilines is 1. The number of oxazole rings is 1. The van der Waals surface area contributed by atoms with Crippen LogP contribution < -0.4 is 15.4 Å². The molecule has 5 rings (SSSR count). The monoisotopic (exact) mass is 387 g/mol. The lowest BCUT2D eigenvalue weighted by atomic mass is 10.1.